The SMILES string of the molecule is CCn1cnc(S(=O)(=O)N2CCC(C(=O)Nc3ccc4c(c3)OCO4)CC2)c1. The average molecular weight is 406 g/mol. The van der Waals surface area contributed by atoms with Crippen molar-refractivity contribution in [1.82, 2.24) is 13.9 Å². The summed E-state index contributed by atoms with van der Waals surface area (Å²) in [7, 11) is -3.63. The lowest BCUT2D eigenvalue weighted by atomic mass is 9.97. The van der Waals surface area contributed by atoms with E-state index in [-0.39, 0.29) is 23.6 Å². The molecule has 0 aliphatic carbocycles. The van der Waals surface area contributed by atoms with Gasteiger partial charge in [0.05, 0.1) is 6.33 Å². The van der Waals surface area contributed by atoms with Crippen LogP contribution in [0.4, 0.5) is 5.69 Å². The summed E-state index contributed by atoms with van der Waals surface area (Å²) in [4.78, 5) is 16.6. The van der Waals surface area contributed by atoms with Crippen molar-refractivity contribution in [2.24, 2.45) is 5.92 Å². The first kappa shape index (κ1) is 18.8. The summed E-state index contributed by atoms with van der Waals surface area (Å²) in [5, 5.41) is 2.93. The smallest absolute Gasteiger partial charge is 0.262 e. The molecule has 4 rings (SSSR count). The third-order valence-corrected chi connectivity index (χ3v) is 6.83. The van der Waals surface area contributed by atoms with Gasteiger partial charge in [-0.1, -0.05) is 0 Å². The standard InChI is InChI=1S/C18H22N4O5S/c1-2-21-10-17(19-11-21)28(24,25)22-7-5-13(6-8-22)18(23)20-14-3-4-15-16(9-14)27-12-26-15/h3-4,9-11,13H,2,5-8,12H2,1H3,(H,20,23). The number of amides is 1. The molecule has 1 N–H and O–H groups in total. The molecular formula is C18H22N4O5S. The van der Waals surface area contributed by atoms with Crippen LogP contribution in [-0.2, 0) is 21.4 Å². The van der Waals surface area contributed by atoms with Crippen LogP contribution in [0.1, 0.15) is 19.8 Å². The number of benzene rings is 1. The zero-order valence-electron chi connectivity index (χ0n) is 15.5. The number of hydrogen-bond acceptors (Lipinski definition) is 6. The molecule has 28 heavy (non-hydrogen) atoms. The molecule has 1 aromatic carbocycles. The van der Waals surface area contributed by atoms with Gasteiger partial charge in [-0.2, -0.15) is 4.31 Å². The minimum Gasteiger partial charge on any atom is -0.454 e. The Hall–Kier alpha value is -2.59. The number of ether oxygens (including phenoxy) is 2. The summed E-state index contributed by atoms with van der Waals surface area (Å²) in [6.45, 7) is 3.34. The maximum Gasteiger partial charge on any atom is 0.262 e. The Morgan fingerprint density at radius 1 is 1.25 bits per heavy atom. The van der Waals surface area contributed by atoms with Gasteiger partial charge >= 0.3 is 0 Å². The molecule has 0 spiro atoms. The first-order chi connectivity index (χ1) is 13.5. The highest BCUT2D eigenvalue weighted by Gasteiger charge is 2.33. The highest BCUT2D eigenvalue weighted by molar-refractivity contribution is 7.89. The number of rotatable bonds is 5. The van der Waals surface area contributed by atoms with Crippen molar-refractivity contribution in [2.45, 2.75) is 31.3 Å². The number of piperidine rings is 1. The van der Waals surface area contributed by atoms with E-state index in [4.69, 9.17) is 9.47 Å². The predicted octanol–water partition coefficient (Wildman–Crippen LogP) is 1.67. The Bertz CT molecular complexity index is 980. The van der Waals surface area contributed by atoms with E-state index in [0.717, 1.165) is 0 Å². The largest absolute Gasteiger partial charge is 0.454 e. The van der Waals surface area contributed by atoms with Gasteiger partial charge in [0.2, 0.25) is 12.7 Å². The van der Waals surface area contributed by atoms with Crippen LogP contribution in [0.2, 0.25) is 0 Å². The van der Waals surface area contributed by atoms with Gasteiger partial charge in [-0.05, 0) is 31.9 Å². The van der Waals surface area contributed by atoms with Crippen molar-refractivity contribution in [2.75, 3.05) is 25.2 Å². The third kappa shape index (κ3) is 3.57. The molecule has 1 fully saturated rings. The Morgan fingerprint density at radius 2 is 2.00 bits per heavy atom. The molecule has 0 atom stereocenters. The maximum atomic E-state index is 12.7. The van der Waals surface area contributed by atoms with E-state index in [9.17, 15) is 13.2 Å². The second-order valence-electron chi connectivity index (χ2n) is 6.78. The molecule has 1 amide bonds. The van der Waals surface area contributed by atoms with Gasteiger partial charge < -0.3 is 19.4 Å². The number of sulfonamides is 1. The number of fused-ring (bicyclic) bond motifs is 1. The normalized spacial score (nSPS) is 17.6. The molecule has 1 aromatic heterocycles. The summed E-state index contributed by atoms with van der Waals surface area (Å²) >= 11 is 0. The Labute approximate surface area is 163 Å². The highest BCUT2D eigenvalue weighted by atomic mass is 32.2. The fraction of sp³-hybridized carbons (Fsp3) is 0.444. The molecular weight excluding hydrogens is 384 g/mol. The first-order valence-electron chi connectivity index (χ1n) is 9.20. The van der Waals surface area contributed by atoms with Gasteiger partial charge in [0.15, 0.2) is 16.5 Å². The number of hydrogen-bond donors (Lipinski definition) is 1. The minimum atomic E-state index is -3.63. The molecule has 0 saturated carbocycles. The lowest BCUT2D eigenvalue weighted by Gasteiger charge is -2.29. The van der Waals surface area contributed by atoms with Crippen LogP contribution in [0, 0.1) is 5.92 Å². The van der Waals surface area contributed by atoms with Gasteiger partial charge in [-0.3, -0.25) is 4.79 Å². The molecule has 0 radical (unpaired) electrons. The lowest BCUT2D eigenvalue weighted by molar-refractivity contribution is -0.120. The molecule has 0 bridgehead atoms. The van der Waals surface area contributed by atoms with Crippen LogP contribution in [0.15, 0.2) is 35.7 Å². The lowest BCUT2D eigenvalue weighted by Crippen LogP contribution is -2.41. The molecule has 10 heteroatoms. The molecule has 0 unspecified atom stereocenters. The van der Waals surface area contributed by atoms with Gasteiger partial charge in [-0.15, -0.1) is 0 Å². The zero-order chi connectivity index (χ0) is 19.7. The quantitative estimate of drug-likeness (QED) is 0.810. The first-order valence-corrected chi connectivity index (χ1v) is 10.6. The van der Waals surface area contributed by atoms with Gasteiger partial charge in [0.25, 0.3) is 10.0 Å². The van der Waals surface area contributed by atoms with Crippen molar-refractivity contribution in [3.63, 3.8) is 0 Å². The Balaban J connectivity index is 1.36. The minimum absolute atomic E-state index is 0.0533. The summed E-state index contributed by atoms with van der Waals surface area (Å²) in [6.07, 6.45) is 3.97. The van der Waals surface area contributed by atoms with Crippen molar-refractivity contribution in [3.05, 3.63) is 30.7 Å². The van der Waals surface area contributed by atoms with E-state index < -0.39 is 10.0 Å². The topological polar surface area (TPSA) is 103 Å². The highest BCUT2D eigenvalue weighted by Crippen LogP contribution is 2.34. The number of nitrogens with one attached hydrogen (secondary N) is 1. The maximum absolute atomic E-state index is 12.7. The molecule has 150 valence electrons. The fourth-order valence-corrected chi connectivity index (χ4v) is 4.76. The van der Waals surface area contributed by atoms with Crippen molar-refractivity contribution < 1.29 is 22.7 Å². The Kier molecular flexibility index (Phi) is 4.98. The predicted molar refractivity (Wildman–Crippen MR) is 101 cm³/mol. The molecule has 2 aliphatic heterocycles. The van der Waals surface area contributed by atoms with Gasteiger partial charge in [0.1, 0.15) is 0 Å². The molecule has 3 heterocycles. The number of carbonyl (C=O) groups excluding carboxylic acids is 1. The van der Waals surface area contributed by atoms with E-state index in [1.54, 1.807) is 22.8 Å². The number of aryl methyl sites for hydroxylation is 1. The van der Waals surface area contributed by atoms with E-state index in [0.29, 0.717) is 49.7 Å². The second kappa shape index (κ2) is 7.44. The van der Waals surface area contributed by atoms with Crippen LogP contribution in [0.3, 0.4) is 0 Å². The van der Waals surface area contributed by atoms with E-state index in [1.807, 2.05) is 6.92 Å². The van der Waals surface area contributed by atoms with Crippen LogP contribution in [0.25, 0.3) is 0 Å². The number of imidazole rings is 1. The number of anilines is 1. The van der Waals surface area contributed by atoms with Gasteiger partial charge in [-0.25, -0.2) is 13.4 Å². The van der Waals surface area contributed by atoms with Gasteiger partial charge in [0, 0.05) is 43.5 Å². The Morgan fingerprint density at radius 3 is 2.71 bits per heavy atom. The molecule has 1 saturated heterocycles. The average Bonchev–Trinajstić information content (AvgIpc) is 3.37. The van der Waals surface area contributed by atoms with E-state index >= 15 is 0 Å². The van der Waals surface area contributed by atoms with Crippen molar-refractivity contribution >= 4 is 21.6 Å². The molecule has 2 aromatic rings. The molecule has 9 nitrogen and oxygen atoms in total. The number of carbonyl (C=O) groups is 1. The molecule has 2 aliphatic rings. The van der Waals surface area contributed by atoms with Crippen LogP contribution < -0.4 is 14.8 Å². The fourth-order valence-electron chi connectivity index (χ4n) is 3.35. The number of aromatic nitrogens is 2. The van der Waals surface area contributed by atoms with Crippen LogP contribution in [-0.4, -0.2) is 48.1 Å². The monoisotopic (exact) mass is 406 g/mol. The van der Waals surface area contributed by atoms with Crippen LogP contribution >= 0.6 is 0 Å². The van der Waals surface area contributed by atoms with E-state index in [2.05, 4.69) is 10.3 Å². The summed E-state index contributed by atoms with van der Waals surface area (Å²) in [6, 6.07) is 5.24. The van der Waals surface area contributed by atoms with Crippen LogP contribution in [0.5, 0.6) is 11.5 Å². The summed E-state index contributed by atoms with van der Waals surface area (Å²) in [5.74, 6) is 0.892. The van der Waals surface area contributed by atoms with Crippen molar-refractivity contribution in [1.29, 1.82) is 0 Å². The summed E-state index contributed by atoms with van der Waals surface area (Å²) < 4.78 is 39.1. The number of nitrogens with zero attached hydrogens (tertiary/aromatic N) is 3. The second-order valence-corrected chi connectivity index (χ2v) is 8.66. The third-order valence-electron chi connectivity index (χ3n) is 5.04. The summed E-state index contributed by atoms with van der Waals surface area (Å²) in [5.41, 5.74) is 0.634. The zero-order valence-corrected chi connectivity index (χ0v) is 16.3. The van der Waals surface area contributed by atoms with Crippen molar-refractivity contribution in [3.8, 4) is 11.5 Å². The van der Waals surface area contributed by atoms with E-state index in [1.165, 1.54) is 16.8 Å².